The molecule has 3 N–H and O–H groups in total. The Kier molecular flexibility index (Phi) is 6.47. The van der Waals surface area contributed by atoms with E-state index in [2.05, 4.69) is 47.6 Å². The van der Waals surface area contributed by atoms with E-state index in [1.54, 1.807) is 12.5 Å². The van der Waals surface area contributed by atoms with E-state index in [-0.39, 0.29) is 34.2 Å². The quantitative estimate of drug-likeness (QED) is 0.398. The van der Waals surface area contributed by atoms with Gasteiger partial charge in [0.05, 0.1) is 17.6 Å². The first kappa shape index (κ1) is 25.9. The zero-order chi connectivity index (χ0) is 25.3. The number of carboxylic acid groups (broad SMARTS) is 1. The third-order valence-corrected chi connectivity index (χ3v) is 11.9. The van der Waals surface area contributed by atoms with Crippen molar-refractivity contribution < 1.29 is 20.1 Å². The molecule has 0 heterocycles. The molecule has 0 radical (unpaired) electrons. The zero-order valence-corrected chi connectivity index (χ0v) is 22.6. The number of aliphatic hydroxyl groups is 2. The molecule has 2 fully saturated rings. The number of rotatable bonds is 5. The zero-order valence-electron chi connectivity index (χ0n) is 22.6. The molecule has 2 saturated carbocycles. The van der Waals surface area contributed by atoms with Crippen molar-refractivity contribution >= 4 is 5.97 Å². The SMILES string of the molecule is CC(C)=CC[C@@H](O)[C@@H](C)[C@H]1CC[C@@]2(C)C3=C(CC[C@]12C)[C@@]1(C)CC[C@H](O)[C@@](C)(C(=O)O)[C@H]1CC3. The lowest BCUT2D eigenvalue weighted by atomic mass is 9.43. The molecule has 0 unspecified atom stereocenters. The Morgan fingerprint density at radius 1 is 1.03 bits per heavy atom. The Hall–Kier alpha value is -1.13. The smallest absolute Gasteiger partial charge is 0.312 e. The van der Waals surface area contributed by atoms with Gasteiger partial charge >= 0.3 is 5.97 Å². The molecule has 0 spiro atoms. The first-order chi connectivity index (χ1) is 15.7. The molecule has 4 nitrogen and oxygen atoms in total. The van der Waals surface area contributed by atoms with Crippen molar-refractivity contribution in [1.29, 1.82) is 0 Å². The van der Waals surface area contributed by atoms with E-state index in [0.29, 0.717) is 12.3 Å². The van der Waals surface area contributed by atoms with E-state index >= 15 is 0 Å². The Morgan fingerprint density at radius 2 is 1.71 bits per heavy atom. The highest BCUT2D eigenvalue weighted by Crippen LogP contribution is 2.72. The Balaban J connectivity index is 1.69. The van der Waals surface area contributed by atoms with Gasteiger partial charge in [0.2, 0.25) is 0 Å². The third-order valence-electron chi connectivity index (χ3n) is 11.9. The second-order valence-corrected chi connectivity index (χ2v) is 13.4. The summed E-state index contributed by atoms with van der Waals surface area (Å²) in [4.78, 5) is 12.4. The topological polar surface area (TPSA) is 77.8 Å². The normalized spacial score (nSPS) is 45.6. The molecule has 4 heteroatoms. The van der Waals surface area contributed by atoms with Crippen molar-refractivity contribution in [2.45, 2.75) is 118 Å². The van der Waals surface area contributed by atoms with Crippen LogP contribution in [0.15, 0.2) is 22.8 Å². The number of fused-ring (bicyclic) bond motifs is 4. The Labute approximate surface area is 206 Å². The van der Waals surface area contributed by atoms with Gasteiger partial charge in [-0.1, -0.05) is 50.5 Å². The van der Waals surface area contributed by atoms with Gasteiger partial charge in [-0.3, -0.25) is 4.79 Å². The number of aliphatic hydroxyl groups excluding tert-OH is 2. The molecule has 0 saturated heterocycles. The van der Waals surface area contributed by atoms with Crippen molar-refractivity contribution in [1.82, 2.24) is 0 Å². The summed E-state index contributed by atoms with van der Waals surface area (Å²) in [5, 5.41) is 32.0. The minimum Gasteiger partial charge on any atom is -0.481 e. The molecular weight excluding hydrogens is 424 g/mol. The molecule has 4 aliphatic carbocycles. The molecule has 0 aromatic rings. The first-order valence-electron chi connectivity index (χ1n) is 13.7. The summed E-state index contributed by atoms with van der Waals surface area (Å²) in [7, 11) is 0. The molecule has 0 aromatic heterocycles. The van der Waals surface area contributed by atoms with Gasteiger partial charge in [0.25, 0.3) is 0 Å². The summed E-state index contributed by atoms with van der Waals surface area (Å²) in [5.41, 5.74) is 3.45. The number of aliphatic carboxylic acids is 1. The van der Waals surface area contributed by atoms with Crippen LogP contribution in [0.2, 0.25) is 0 Å². The minimum absolute atomic E-state index is 0.0185. The van der Waals surface area contributed by atoms with Crippen LogP contribution in [0.5, 0.6) is 0 Å². The molecule has 0 bridgehead atoms. The Bertz CT molecular complexity index is 899. The molecule has 0 amide bonds. The molecule has 192 valence electrons. The van der Waals surface area contributed by atoms with Crippen LogP contribution in [0.1, 0.15) is 106 Å². The molecule has 9 atom stereocenters. The summed E-state index contributed by atoms with van der Waals surface area (Å²) in [6.07, 6.45) is 9.54. The van der Waals surface area contributed by atoms with E-state index in [9.17, 15) is 20.1 Å². The van der Waals surface area contributed by atoms with Crippen molar-refractivity contribution in [2.24, 2.45) is 39.4 Å². The standard InChI is InChI=1S/C30H48O4/c1-18(2)8-10-23(31)19(3)20-12-16-29(6)22-9-11-24-27(4,21(22)13-17-28(20,29)5)15-14-25(32)30(24,7)26(33)34/h8,19-20,23-25,31-32H,9-17H2,1-7H3,(H,33,34)/t19-,20+,23+,24-,25-,27+,28+,29-,30-/m0/s1. The van der Waals surface area contributed by atoms with Gasteiger partial charge < -0.3 is 15.3 Å². The summed E-state index contributed by atoms with van der Waals surface area (Å²) < 4.78 is 0. The van der Waals surface area contributed by atoms with Gasteiger partial charge in [-0.05, 0) is 113 Å². The van der Waals surface area contributed by atoms with E-state index in [1.165, 1.54) is 11.1 Å². The van der Waals surface area contributed by atoms with Gasteiger partial charge in [-0.15, -0.1) is 0 Å². The van der Waals surface area contributed by atoms with Crippen LogP contribution in [0.4, 0.5) is 0 Å². The highest BCUT2D eigenvalue weighted by atomic mass is 16.4. The van der Waals surface area contributed by atoms with Gasteiger partial charge in [0.15, 0.2) is 0 Å². The van der Waals surface area contributed by atoms with E-state index in [4.69, 9.17) is 0 Å². The van der Waals surface area contributed by atoms with Crippen LogP contribution in [0.25, 0.3) is 0 Å². The molecular formula is C30H48O4. The third kappa shape index (κ3) is 3.41. The molecule has 4 rings (SSSR count). The van der Waals surface area contributed by atoms with E-state index in [0.717, 1.165) is 51.4 Å². The summed E-state index contributed by atoms with van der Waals surface area (Å²) in [5.74, 6) is -0.103. The molecule has 0 aromatic carbocycles. The van der Waals surface area contributed by atoms with E-state index in [1.807, 2.05) is 0 Å². The van der Waals surface area contributed by atoms with Crippen LogP contribution in [0, 0.1) is 39.4 Å². The highest BCUT2D eigenvalue weighted by molar-refractivity contribution is 5.76. The molecule has 0 aliphatic heterocycles. The fourth-order valence-corrected chi connectivity index (χ4v) is 9.39. The second kappa shape index (κ2) is 8.47. The van der Waals surface area contributed by atoms with Crippen molar-refractivity contribution in [3.63, 3.8) is 0 Å². The maximum Gasteiger partial charge on any atom is 0.312 e. The monoisotopic (exact) mass is 472 g/mol. The predicted molar refractivity (Wildman–Crippen MR) is 136 cm³/mol. The van der Waals surface area contributed by atoms with Gasteiger partial charge in [0, 0.05) is 0 Å². The summed E-state index contributed by atoms with van der Waals surface area (Å²) >= 11 is 0. The lowest BCUT2D eigenvalue weighted by Gasteiger charge is -2.61. The van der Waals surface area contributed by atoms with Crippen molar-refractivity contribution in [3.05, 3.63) is 22.8 Å². The average molecular weight is 473 g/mol. The Morgan fingerprint density at radius 3 is 2.32 bits per heavy atom. The summed E-state index contributed by atoms with van der Waals surface area (Å²) in [6.45, 7) is 15.5. The highest BCUT2D eigenvalue weighted by Gasteiger charge is 2.65. The number of carboxylic acids is 1. The van der Waals surface area contributed by atoms with Crippen molar-refractivity contribution in [2.75, 3.05) is 0 Å². The first-order valence-corrected chi connectivity index (χ1v) is 13.7. The molecule has 34 heavy (non-hydrogen) atoms. The second-order valence-electron chi connectivity index (χ2n) is 13.4. The predicted octanol–water partition coefficient (Wildman–Crippen LogP) is 6.51. The minimum atomic E-state index is -1.07. The van der Waals surface area contributed by atoms with Crippen LogP contribution in [0.3, 0.4) is 0 Å². The lowest BCUT2D eigenvalue weighted by molar-refractivity contribution is -0.175. The average Bonchev–Trinajstić information content (AvgIpc) is 3.05. The molecule has 4 aliphatic rings. The number of allylic oxidation sites excluding steroid dienone is 3. The van der Waals surface area contributed by atoms with Crippen LogP contribution in [-0.2, 0) is 4.79 Å². The summed E-state index contributed by atoms with van der Waals surface area (Å²) in [6, 6.07) is 0. The van der Waals surface area contributed by atoms with Crippen LogP contribution in [-0.4, -0.2) is 33.5 Å². The number of hydrogen-bond acceptors (Lipinski definition) is 3. The fourth-order valence-electron chi connectivity index (χ4n) is 9.39. The van der Waals surface area contributed by atoms with Gasteiger partial charge in [0.1, 0.15) is 0 Å². The van der Waals surface area contributed by atoms with Crippen molar-refractivity contribution in [3.8, 4) is 0 Å². The van der Waals surface area contributed by atoms with Crippen LogP contribution >= 0.6 is 0 Å². The van der Waals surface area contributed by atoms with Gasteiger partial charge in [-0.25, -0.2) is 0 Å². The number of carbonyl (C=O) groups is 1. The van der Waals surface area contributed by atoms with E-state index < -0.39 is 17.5 Å². The van der Waals surface area contributed by atoms with Gasteiger partial charge in [-0.2, -0.15) is 0 Å². The number of hydrogen-bond donors (Lipinski definition) is 3. The van der Waals surface area contributed by atoms with Crippen LogP contribution < -0.4 is 0 Å². The largest absolute Gasteiger partial charge is 0.481 e. The maximum atomic E-state index is 12.4. The maximum absolute atomic E-state index is 12.4. The fraction of sp³-hybridized carbons (Fsp3) is 0.833. The lowest BCUT2D eigenvalue weighted by Crippen LogP contribution is -2.58.